The zero-order valence-electron chi connectivity index (χ0n) is 9.88. The van der Waals surface area contributed by atoms with E-state index in [0.717, 1.165) is 6.26 Å². The molecule has 4 nitrogen and oxygen atoms in total. The minimum absolute atomic E-state index is 0.156. The molecule has 1 N–H and O–H groups in total. The molecule has 0 aliphatic carbocycles. The van der Waals surface area contributed by atoms with E-state index >= 15 is 0 Å². The Morgan fingerprint density at radius 1 is 1.32 bits per heavy atom. The Morgan fingerprint density at radius 3 is 2.63 bits per heavy atom. The smallest absolute Gasteiger partial charge is 0.265 e. The molecule has 0 unspecified atom stereocenters. The summed E-state index contributed by atoms with van der Waals surface area (Å²) in [6, 6.07) is 8.07. The van der Waals surface area contributed by atoms with E-state index in [1.54, 1.807) is 23.6 Å². The van der Waals surface area contributed by atoms with Gasteiger partial charge in [-0.1, -0.05) is 22.0 Å². The zero-order valence-corrected chi connectivity index (χ0v) is 13.1. The molecule has 0 saturated heterocycles. The molecule has 0 aliphatic heterocycles. The number of rotatable bonds is 3. The van der Waals surface area contributed by atoms with Crippen LogP contribution in [0.25, 0.3) is 0 Å². The van der Waals surface area contributed by atoms with Crippen LogP contribution >= 0.6 is 27.3 Å². The van der Waals surface area contributed by atoms with Crippen molar-refractivity contribution in [3.63, 3.8) is 0 Å². The Labute approximate surface area is 123 Å². The predicted molar refractivity (Wildman–Crippen MR) is 79.5 cm³/mol. The fraction of sp³-hybridized carbons (Fsp3) is 0.0833. The van der Waals surface area contributed by atoms with Gasteiger partial charge in [0.05, 0.1) is 9.77 Å². The molecule has 7 heteroatoms. The Kier molecular flexibility index (Phi) is 4.07. The topological polar surface area (TPSA) is 63.2 Å². The molecule has 0 aliphatic rings. The second-order valence-electron chi connectivity index (χ2n) is 3.88. The number of benzene rings is 1. The number of thiophene rings is 1. The number of sulfone groups is 1. The second kappa shape index (κ2) is 5.44. The summed E-state index contributed by atoms with van der Waals surface area (Å²) in [6.07, 6.45) is 1.12. The van der Waals surface area contributed by atoms with Crippen LogP contribution in [0.2, 0.25) is 0 Å². The van der Waals surface area contributed by atoms with Crippen molar-refractivity contribution in [3.05, 3.63) is 45.1 Å². The van der Waals surface area contributed by atoms with Gasteiger partial charge in [0.15, 0.2) is 9.84 Å². The van der Waals surface area contributed by atoms with Crippen LogP contribution < -0.4 is 5.32 Å². The van der Waals surface area contributed by atoms with Crippen molar-refractivity contribution in [3.8, 4) is 0 Å². The standard InChI is InChI=1S/C12H10BrNO3S2/c1-19(16,17)10-6-8(13)5-9(7-10)14-12(15)11-3-2-4-18-11/h2-7H,1H3,(H,14,15). The van der Waals surface area contributed by atoms with Crippen molar-refractivity contribution in [1.29, 1.82) is 0 Å². The number of carbonyl (C=O) groups excluding carboxylic acids is 1. The lowest BCUT2D eigenvalue weighted by Crippen LogP contribution is -2.10. The third-order valence-corrected chi connectivity index (χ3v) is 4.72. The minimum Gasteiger partial charge on any atom is -0.321 e. The van der Waals surface area contributed by atoms with Crippen LogP contribution in [0.1, 0.15) is 9.67 Å². The number of hydrogen-bond donors (Lipinski definition) is 1. The summed E-state index contributed by atoms with van der Waals surface area (Å²) in [6.45, 7) is 0. The third kappa shape index (κ3) is 3.65. The van der Waals surface area contributed by atoms with Gasteiger partial charge in [-0.2, -0.15) is 0 Å². The summed E-state index contributed by atoms with van der Waals surface area (Å²) in [4.78, 5) is 12.6. The van der Waals surface area contributed by atoms with Crippen molar-refractivity contribution in [2.75, 3.05) is 11.6 Å². The average molecular weight is 360 g/mol. The monoisotopic (exact) mass is 359 g/mol. The molecule has 2 aromatic rings. The molecule has 1 heterocycles. The number of hydrogen-bond acceptors (Lipinski definition) is 4. The van der Waals surface area contributed by atoms with E-state index < -0.39 is 9.84 Å². The van der Waals surface area contributed by atoms with Crippen LogP contribution in [-0.2, 0) is 9.84 Å². The first-order chi connectivity index (χ1) is 8.86. The van der Waals surface area contributed by atoms with Gasteiger partial charge in [-0.3, -0.25) is 4.79 Å². The van der Waals surface area contributed by atoms with Crippen molar-refractivity contribution >= 4 is 48.7 Å². The van der Waals surface area contributed by atoms with Gasteiger partial charge < -0.3 is 5.32 Å². The number of anilines is 1. The van der Waals surface area contributed by atoms with Crippen LogP contribution in [-0.4, -0.2) is 20.6 Å². The normalized spacial score (nSPS) is 11.3. The molecule has 1 aromatic heterocycles. The Morgan fingerprint density at radius 2 is 2.05 bits per heavy atom. The van der Waals surface area contributed by atoms with Crippen molar-refractivity contribution in [1.82, 2.24) is 0 Å². The van der Waals surface area contributed by atoms with Crippen LogP contribution in [0.4, 0.5) is 5.69 Å². The first kappa shape index (κ1) is 14.2. The van der Waals surface area contributed by atoms with Gasteiger partial charge in [-0.05, 0) is 29.6 Å². The van der Waals surface area contributed by atoms with Crippen LogP contribution in [0, 0.1) is 0 Å². The molecular weight excluding hydrogens is 350 g/mol. The van der Waals surface area contributed by atoms with Crippen molar-refractivity contribution in [2.24, 2.45) is 0 Å². The molecule has 1 aromatic carbocycles. The molecule has 0 bridgehead atoms. The Bertz CT molecular complexity index is 709. The van der Waals surface area contributed by atoms with Gasteiger partial charge in [0.2, 0.25) is 0 Å². The van der Waals surface area contributed by atoms with E-state index in [9.17, 15) is 13.2 Å². The van der Waals surface area contributed by atoms with Gasteiger partial charge >= 0.3 is 0 Å². The van der Waals surface area contributed by atoms with Gasteiger partial charge in [-0.25, -0.2) is 8.42 Å². The zero-order chi connectivity index (χ0) is 14.0. The molecule has 0 saturated carbocycles. The number of nitrogens with one attached hydrogen (secondary N) is 1. The molecule has 0 radical (unpaired) electrons. The molecule has 0 spiro atoms. The van der Waals surface area contributed by atoms with Crippen LogP contribution in [0.5, 0.6) is 0 Å². The lowest BCUT2D eigenvalue weighted by atomic mass is 10.3. The van der Waals surface area contributed by atoms with Gasteiger partial charge in [-0.15, -0.1) is 11.3 Å². The summed E-state index contributed by atoms with van der Waals surface area (Å²) >= 11 is 4.55. The predicted octanol–water partition coefficient (Wildman–Crippen LogP) is 3.17. The van der Waals surface area contributed by atoms with Gasteiger partial charge in [0.1, 0.15) is 0 Å². The van der Waals surface area contributed by atoms with Gasteiger partial charge in [0.25, 0.3) is 5.91 Å². The van der Waals surface area contributed by atoms with E-state index in [-0.39, 0.29) is 10.8 Å². The number of amides is 1. The summed E-state index contributed by atoms with van der Waals surface area (Å²) in [5.41, 5.74) is 0.438. The average Bonchev–Trinajstić information content (AvgIpc) is 2.80. The SMILES string of the molecule is CS(=O)(=O)c1cc(Br)cc(NC(=O)c2cccs2)c1. The van der Waals surface area contributed by atoms with Crippen LogP contribution in [0.3, 0.4) is 0 Å². The highest BCUT2D eigenvalue weighted by atomic mass is 79.9. The summed E-state index contributed by atoms with van der Waals surface area (Å²) in [5, 5.41) is 4.48. The maximum absolute atomic E-state index is 11.9. The number of halogens is 1. The molecule has 2 rings (SSSR count). The second-order valence-corrected chi connectivity index (χ2v) is 7.76. The minimum atomic E-state index is -3.32. The lowest BCUT2D eigenvalue weighted by molar-refractivity contribution is 0.103. The third-order valence-electron chi connectivity index (χ3n) is 2.30. The highest BCUT2D eigenvalue weighted by Crippen LogP contribution is 2.23. The van der Waals surface area contributed by atoms with Crippen LogP contribution in [0.15, 0.2) is 45.1 Å². The Balaban J connectivity index is 2.31. The van der Waals surface area contributed by atoms with Crippen molar-refractivity contribution < 1.29 is 13.2 Å². The molecule has 1 amide bonds. The van der Waals surface area contributed by atoms with E-state index in [1.165, 1.54) is 23.5 Å². The van der Waals surface area contributed by atoms with E-state index in [2.05, 4.69) is 21.2 Å². The Hall–Kier alpha value is -1.18. The highest BCUT2D eigenvalue weighted by Gasteiger charge is 2.12. The van der Waals surface area contributed by atoms with E-state index in [1.807, 2.05) is 0 Å². The summed E-state index contributed by atoms with van der Waals surface area (Å²) in [5.74, 6) is -0.257. The molecule has 19 heavy (non-hydrogen) atoms. The van der Waals surface area contributed by atoms with Gasteiger partial charge in [0, 0.05) is 16.4 Å². The summed E-state index contributed by atoms with van der Waals surface area (Å²) < 4.78 is 23.6. The fourth-order valence-electron chi connectivity index (χ4n) is 1.45. The first-order valence-corrected chi connectivity index (χ1v) is 8.78. The maximum atomic E-state index is 11.9. The van der Waals surface area contributed by atoms with E-state index in [4.69, 9.17) is 0 Å². The first-order valence-electron chi connectivity index (χ1n) is 5.22. The van der Waals surface area contributed by atoms with Crippen molar-refractivity contribution in [2.45, 2.75) is 4.90 Å². The molecular formula is C12H10BrNO3S2. The van der Waals surface area contributed by atoms with E-state index in [0.29, 0.717) is 15.0 Å². The number of carbonyl (C=O) groups is 1. The fourth-order valence-corrected chi connectivity index (χ4v) is 3.40. The molecule has 0 fully saturated rings. The maximum Gasteiger partial charge on any atom is 0.265 e. The lowest BCUT2D eigenvalue weighted by Gasteiger charge is -2.07. The highest BCUT2D eigenvalue weighted by molar-refractivity contribution is 9.10. The summed E-state index contributed by atoms with van der Waals surface area (Å²) in [7, 11) is -3.32. The quantitative estimate of drug-likeness (QED) is 0.915. The molecule has 0 atom stereocenters. The molecule has 100 valence electrons. The largest absolute Gasteiger partial charge is 0.321 e.